The van der Waals surface area contributed by atoms with Gasteiger partial charge in [0, 0.05) is 12.1 Å². The molecule has 4 nitrogen and oxygen atoms in total. The molecule has 1 aliphatic rings. The molecule has 0 aliphatic heterocycles. The minimum absolute atomic E-state index is 0.123. The van der Waals surface area contributed by atoms with Crippen molar-refractivity contribution in [2.45, 2.75) is 18.8 Å². The van der Waals surface area contributed by atoms with Gasteiger partial charge in [-0.15, -0.1) is 0 Å². The second-order valence-electron chi connectivity index (χ2n) is 4.49. The van der Waals surface area contributed by atoms with Crippen molar-refractivity contribution < 1.29 is 4.39 Å². The number of nitrogens with zero attached hydrogens (tertiary/aromatic N) is 2. The monoisotopic (exact) mass is 266 g/mol. The Labute approximate surface area is 108 Å². The van der Waals surface area contributed by atoms with E-state index < -0.39 is 5.82 Å². The van der Waals surface area contributed by atoms with Crippen LogP contribution in [0.4, 0.5) is 15.8 Å². The van der Waals surface area contributed by atoms with Gasteiger partial charge in [-0.2, -0.15) is 5.10 Å². The summed E-state index contributed by atoms with van der Waals surface area (Å²) in [5.41, 5.74) is 12.8. The second kappa shape index (κ2) is 3.88. The fourth-order valence-corrected chi connectivity index (χ4v) is 2.09. The zero-order valence-electron chi connectivity index (χ0n) is 9.53. The van der Waals surface area contributed by atoms with E-state index in [-0.39, 0.29) is 22.1 Å². The van der Waals surface area contributed by atoms with Crippen LogP contribution in [-0.4, -0.2) is 9.78 Å². The van der Waals surface area contributed by atoms with E-state index in [1.165, 1.54) is 10.7 Å². The molecule has 0 amide bonds. The summed E-state index contributed by atoms with van der Waals surface area (Å²) < 4.78 is 15.5. The molecule has 0 radical (unpaired) electrons. The van der Waals surface area contributed by atoms with Gasteiger partial charge in [0.05, 0.1) is 17.1 Å². The molecule has 2 aromatic rings. The van der Waals surface area contributed by atoms with Crippen molar-refractivity contribution in [3.8, 4) is 5.69 Å². The molecule has 0 unspecified atom stereocenters. The van der Waals surface area contributed by atoms with Crippen LogP contribution in [0.15, 0.2) is 18.3 Å². The summed E-state index contributed by atoms with van der Waals surface area (Å²) >= 11 is 5.79. The fourth-order valence-electron chi connectivity index (χ4n) is 1.95. The van der Waals surface area contributed by atoms with Crippen molar-refractivity contribution >= 4 is 23.0 Å². The van der Waals surface area contributed by atoms with Crippen LogP contribution in [0.3, 0.4) is 0 Å². The van der Waals surface area contributed by atoms with Crippen LogP contribution < -0.4 is 11.5 Å². The molecule has 0 saturated heterocycles. The first kappa shape index (κ1) is 11.3. The summed E-state index contributed by atoms with van der Waals surface area (Å²) in [6.45, 7) is 0. The predicted molar refractivity (Wildman–Crippen MR) is 69.3 cm³/mol. The SMILES string of the molecule is Nc1cc(N)c(-n2ccc(C3CC3)n2)c(F)c1Cl. The van der Waals surface area contributed by atoms with Gasteiger partial charge in [0.1, 0.15) is 10.7 Å². The van der Waals surface area contributed by atoms with Gasteiger partial charge >= 0.3 is 0 Å². The van der Waals surface area contributed by atoms with E-state index in [9.17, 15) is 4.39 Å². The van der Waals surface area contributed by atoms with Crippen LogP contribution in [0, 0.1) is 5.82 Å². The maximum Gasteiger partial charge on any atom is 0.171 e. The number of nitrogen functional groups attached to an aromatic ring is 2. The maximum absolute atomic E-state index is 14.1. The molecule has 0 spiro atoms. The first-order valence-electron chi connectivity index (χ1n) is 5.67. The number of aromatic nitrogens is 2. The number of rotatable bonds is 2. The quantitative estimate of drug-likeness (QED) is 0.821. The molecule has 1 aromatic carbocycles. The van der Waals surface area contributed by atoms with Crippen LogP contribution in [0.25, 0.3) is 5.69 Å². The van der Waals surface area contributed by atoms with Crippen molar-refractivity contribution in [1.29, 1.82) is 0 Å². The number of nitrogens with two attached hydrogens (primary N) is 2. The minimum atomic E-state index is -0.639. The van der Waals surface area contributed by atoms with Gasteiger partial charge in [0.15, 0.2) is 5.82 Å². The highest BCUT2D eigenvalue weighted by Gasteiger charge is 2.26. The summed E-state index contributed by atoms with van der Waals surface area (Å²) in [6, 6.07) is 3.32. The number of benzene rings is 1. The van der Waals surface area contributed by atoms with E-state index in [2.05, 4.69) is 5.10 Å². The van der Waals surface area contributed by atoms with Gasteiger partial charge in [-0.05, 0) is 25.0 Å². The van der Waals surface area contributed by atoms with Gasteiger partial charge < -0.3 is 11.5 Å². The lowest BCUT2D eigenvalue weighted by Crippen LogP contribution is -2.06. The normalized spacial score (nSPS) is 15.0. The van der Waals surface area contributed by atoms with Crippen LogP contribution in [0.1, 0.15) is 24.5 Å². The zero-order chi connectivity index (χ0) is 12.9. The van der Waals surface area contributed by atoms with E-state index in [0.29, 0.717) is 5.92 Å². The average molecular weight is 267 g/mol. The van der Waals surface area contributed by atoms with Gasteiger partial charge in [-0.1, -0.05) is 11.6 Å². The lowest BCUT2D eigenvalue weighted by Gasteiger charge is -2.10. The first-order valence-corrected chi connectivity index (χ1v) is 6.04. The second-order valence-corrected chi connectivity index (χ2v) is 4.87. The van der Waals surface area contributed by atoms with Crippen molar-refractivity contribution in [3.63, 3.8) is 0 Å². The van der Waals surface area contributed by atoms with E-state index in [4.69, 9.17) is 23.1 Å². The molecule has 6 heteroatoms. The van der Waals surface area contributed by atoms with Gasteiger partial charge in [0.25, 0.3) is 0 Å². The predicted octanol–water partition coefficient (Wildman–Crippen LogP) is 2.71. The number of hydrogen-bond donors (Lipinski definition) is 2. The third-order valence-corrected chi connectivity index (χ3v) is 3.46. The molecular weight excluding hydrogens is 255 g/mol. The van der Waals surface area contributed by atoms with Crippen molar-refractivity contribution in [2.75, 3.05) is 11.5 Å². The van der Waals surface area contributed by atoms with Crippen LogP contribution in [0.5, 0.6) is 0 Å². The molecule has 1 fully saturated rings. The average Bonchev–Trinajstić information content (AvgIpc) is 3.07. The molecule has 3 rings (SSSR count). The molecule has 18 heavy (non-hydrogen) atoms. The Balaban J connectivity index is 2.12. The molecule has 1 aliphatic carbocycles. The Morgan fingerprint density at radius 1 is 1.33 bits per heavy atom. The molecule has 1 aromatic heterocycles. The third-order valence-electron chi connectivity index (χ3n) is 3.07. The molecule has 4 N–H and O–H groups in total. The highest BCUT2D eigenvalue weighted by Crippen LogP contribution is 2.39. The van der Waals surface area contributed by atoms with Crippen molar-refractivity contribution in [1.82, 2.24) is 9.78 Å². The van der Waals surface area contributed by atoms with Crippen LogP contribution in [-0.2, 0) is 0 Å². The van der Waals surface area contributed by atoms with Crippen molar-refractivity contribution in [2.24, 2.45) is 0 Å². The molecular formula is C12H12ClFN4. The van der Waals surface area contributed by atoms with E-state index in [1.54, 1.807) is 6.20 Å². The van der Waals surface area contributed by atoms with Crippen LogP contribution in [0.2, 0.25) is 5.02 Å². The molecule has 0 bridgehead atoms. The number of hydrogen-bond acceptors (Lipinski definition) is 3. The molecule has 0 atom stereocenters. The number of anilines is 2. The largest absolute Gasteiger partial charge is 0.397 e. The summed E-state index contributed by atoms with van der Waals surface area (Å²) in [6.07, 6.45) is 3.96. The molecule has 94 valence electrons. The topological polar surface area (TPSA) is 69.9 Å². The fraction of sp³-hybridized carbons (Fsp3) is 0.250. The third kappa shape index (κ3) is 1.71. The summed E-state index contributed by atoms with van der Waals surface area (Å²) in [4.78, 5) is 0. The lowest BCUT2D eigenvalue weighted by atomic mass is 10.2. The van der Waals surface area contributed by atoms with Gasteiger partial charge in [0.2, 0.25) is 0 Å². The van der Waals surface area contributed by atoms with Crippen LogP contribution >= 0.6 is 11.6 Å². The Morgan fingerprint density at radius 3 is 2.72 bits per heavy atom. The molecule has 1 heterocycles. The Morgan fingerprint density at radius 2 is 2.06 bits per heavy atom. The Bertz CT molecular complexity index is 619. The van der Waals surface area contributed by atoms with Gasteiger partial charge in [-0.25, -0.2) is 9.07 Å². The van der Waals surface area contributed by atoms with Gasteiger partial charge in [-0.3, -0.25) is 0 Å². The smallest absolute Gasteiger partial charge is 0.171 e. The Hall–Kier alpha value is -1.75. The highest BCUT2D eigenvalue weighted by atomic mass is 35.5. The van der Waals surface area contributed by atoms with E-state index in [0.717, 1.165) is 18.5 Å². The molecule has 1 saturated carbocycles. The summed E-state index contributed by atoms with van der Waals surface area (Å²) in [7, 11) is 0. The lowest BCUT2D eigenvalue weighted by molar-refractivity contribution is 0.612. The van der Waals surface area contributed by atoms with Crippen molar-refractivity contribution in [3.05, 3.63) is 34.9 Å². The highest BCUT2D eigenvalue weighted by molar-refractivity contribution is 6.33. The summed E-state index contributed by atoms with van der Waals surface area (Å²) in [5, 5.41) is 4.21. The van der Waals surface area contributed by atoms with E-state index in [1.807, 2.05) is 6.07 Å². The Kier molecular flexibility index (Phi) is 2.45. The zero-order valence-corrected chi connectivity index (χ0v) is 10.3. The first-order chi connectivity index (χ1) is 8.58. The van der Waals surface area contributed by atoms with E-state index >= 15 is 0 Å². The minimum Gasteiger partial charge on any atom is -0.397 e. The number of halogens is 2. The standard InChI is InChI=1S/C12H12ClFN4/c13-10-7(15)5-8(16)12(11(10)14)18-4-3-9(17-18)6-1-2-6/h3-6H,1-2,15-16H2. The summed E-state index contributed by atoms with van der Waals surface area (Å²) in [5.74, 6) is -0.139. The maximum atomic E-state index is 14.1.